The SMILES string of the molecule is C=P(C)(C)CC[C@H]1O[C@@H](n2cnc3c(N)nc(C)nc32)[C@H](C)[C@@H]1O.C=P(C)(C)CC[C@H]1O[C@@H](n2cnc3c(N)nc(C)nc32)[C@H](O)[C@@H]1O.C=P(C)(C)CC[C@H]1O[C@@H](n2cnc3c(N)nc(CCCC)nc32)[C@H](O)[C@@H]1O.C=P(C)(C)CC[C@H]1O[C@@H](n2cnc3c(NC/C=C(/C)CC)nc(OC)nc32)[C@H](O)[C@@H]1O.C=P(C)(C)CC[C@H]1O[C@@H](n2cnc3c(NC/C=C(/C)CC)nc(SC)nc32)[C@H](OC)[C@@H]1O. The predicted molar refractivity (Wildman–Crippen MR) is 566 cm³/mol. The maximum absolute atomic E-state index is 10.9. The van der Waals surface area contributed by atoms with Crippen LogP contribution in [0.1, 0.15) is 148 Å². The third kappa shape index (κ3) is 27.8. The predicted octanol–water partition coefficient (Wildman–Crippen LogP) is 9.63. The maximum Gasteiger partial charge on any atom is 0.320 e. The second kappa shape index (κ2) is 47.2. The molecule has 5 fully saturated rings. The van der Waals surface area contributed by atoms with E-state index in [1.165, 1.54) is 36.3 Å². The highest BCUT2D eigenvalue weighted by molar-refractivity contribution is 7.98. The molecule has 0 aliphatic carbocycles. The Kier molecular flexibility index (Phi) is 37.9. The summed E-state index contributed by atoms with van der Waals surface area (Å²) in [6.07, 6.45) is 35.2. The summed E-state index contributed by atoms with van der Waals surface area (Å²) in [5.74, 6) is 3.87. The highest BCUT2D eigenvalue weighted by atomic mass is 32.2. The standard InChI is InChI=1S/C22H36N5O3PS.C21H34N5O4P.C18H30N5O3P.C16H26N5O2P.C15H24N5O3P/c1-8-14(2)9-11-23-19-16-20(26-22(25-19)32-7)27(13-24-16)21-18(29-3)17(28)15(30-21)10-12-31(4,5)6;1-7-13(2)8-10-22-18-15-19(25-21(24-18)29-3)26(12-23-15)20-17(28)16(27)14(30-20)9-11-31(4,5)6;1-5-6-7-12-21-16(19)13-17(22-12)23(10-20-13)18-15(25)14(24)11(26-18)8-9-27(2,3)4;1-9-13(22)11(6-7-24(3,4)5)23-16(9)21-8-18-12-14(17)19-10(2)20-15(12)21;1-8-18-13(16)10-14(19-8)20(7-17-10)15-12(22)11(21)9(23-15)5-6-24(2,3)4/h9,13,15,17-18,21,28H,4,8,10-12H2,1-3,5-7H3,(H,23,25,26);8,12,14,16-17,20,27-28H,4,7,9-11H2,1-3,5-6H3,(H,22,24,25);10-11,14-15,18,24-25H,2,5-9H2,1,3-4H3,(H2,19,21,22);8-9,11,13,16,22H,3,6-7H2,1-2,4-5H3,(H2,17,19,20);7,9,11-12,15,21-22H,2,5-6H2,1,3-4H3,(H2,16,18,19)/b14-9-;13-8-;;;/t15-,17-,18-,21-;14-,16-,17-,20-;11-,14-,15-,18-;9-,11-,13+,16-;9-,11-,12-,15-/m11111/s1. The average molecular weight is 2030 g/mol. The summed E-state index contributed by atoms with van der Waals surface area (Å²) in [6, 6.07) is 0.182. The normalized spacial score (nSPS) is 26.0. The summed E-state index contributed by atoms with van der Waals surface area (Å²) in [5, 5.41) is 91.7. The smallest absolute Gasteiger partial charge is 0.320 e. The lowest BCUT2D eigenvalue weighted by atomic mass is 10.0. The van der Waals surface area contributed by atoms with Crippen molar-refractivity contribution in [3.05, 3.63) is 72.4 Å². The number of nitrogens with one attached hydrogen (secondary N) is 2. The van der Waals surface area contributed by atoms with Crippen molar-refractivity contribution >= 4 is 163 Å². The van der Waals surface area contributed by atoms with Gasteiger partial charge in [-0.1, -0.05) is 69.2 Å². The Morgan fingerprint density at radius 1 is 0.428 bits per heavy atom. The molecular weight excluding hydrogens is 1880 g/mol. The Hall–Kier alpha value is -7.68. The van der Waals surface area contributed by atoms with Gasteiger partial charge in [-0.15, -0.1) is 65.9 Å². The van der Waals surface area contributed by atoms with E-state index in [9.17, 15) is 40.9 Å². The van der Waals surface area contributed by atoms with Crippen molar-refractivity contribution in [3.8, 4) is 6.01 Å². The van der Waals surface area contributed by atoms with E-state index in [-0.39, 0.29) is 36.2 Å². The minimum absolute atomic E-state index is 0.0600. The Balaban J connectivity index is 0.000000166. The number of fused-ring (bicyclic) bond motifs is 5. The number of hydrogen-bond acceptors (Lipinski definition) is 36. The van der Waals surface area contributed by atoms with E-state index in [2.05, 4.69) is 225 Å². The van der Waals surface area contributed by atoms with Gasteiger partial charge in [0.25, 0.3) is 0 Å². The molecular formula is C92H150N25O15P5S. The van der Waals surface area contributed by atoms with E-state index >= 15 is 0 Å². The maximum atomic E-state index is 10.9. The summed E-state index contributed by atoms with van der Waals surface area (Å²) in [4.78, 5) is 65.9. The van der Waals surface area contributed by atoms with Crippen LogP contribution in [0.15, 0.2) is 60.1 Å². The first-order chi connectivity index (χ1) is 64.9. The number of unbranched alkanes of at least 4 members (excludes halogenated alkanes) is 1. The Morgan fingerprint density at radius 3 is 1.12 bits per heavy atom. The van der Waals surface area contributed by atoms with Crippen LogP contribution in [0.2, 0.25) is 0 Å². The molecule has 0 amide bonds. The fraction of sp³-hybridized carbons (Fsp3) is 0.630. The first kappa shape index (κ1) is 111. The molecule has 0 unspecified atom stereocenters. The molecule has 40 nitrogen and oxygen atoms in total. The van der Waals surface area contributed by atoms with Gasteiger partial charge >= 0.3 is 6.01 Å². The lowest BCUT2D eigenvalue weighted by Crippen LogP contribution is -2.33. The van der Waals surface area contributed by atoms with Gasteiger partial charge in [0.05, 0.1) is 75.4 Å². The van der Waals surface area contributed by atoms with Crippen LogP contribution in [-0.2, 0) is 34.8 Å². The van der Waals surface area contributed by atoms with Gasteiger partial charge in [0.15, 0.2) is 98.4 Å². The lowest BCUT2D eigenvalue weighted by Gasteiger charge is -2.20. The van der Waals surface area contributed by atoms with Gasteiger partial charge < -0.3 is 102 Å². The van der Waals surface area contributed by atoms with E-state index in [1.807, 2.05) is 22.3 Å². The summed E-state index contributed by atoms with van der Waals surface area (Å²) < 4.78 is 50.0. The number of thioether (sulfide) groups is 1. The summed E-state index contributed by atoms with van der Waals surface area (Å²) in [7, 11) is 3.10. The molecule has 46 heteroatoms. The van der Waals surface area contributed by atoms with Gasteiger partial charge in [0.2, 0.25) is 0 Å². The Labute approximate surface area is 814 Å². The number of aliphatic hydroxyl groups is 8. The van der Waals surface area contributed by atoms with Gasteiger partial charge in [0, 0.05) is 32.5 Å². The molecule has 5 saturated heterocycles. The molecule has 10 aromatic rings. The van der Waals surface area contributed by atoms with Crippen LogP contribution in [-0.4, -0.2) is 386 Å². The molecule has 0 aromatic carbocycles. The van der Waals surface area contributed by atoms with E-state index in [1.54, 1.807) is 60.0 Å². The number of aromatic nitrogens is 20. The third-order valence-electron chi connectivity index (χ3n) is 24.8. The molecule has 16 N–H and O–H groups in total. The average Bonchev–Trinajstić information content (AvgIpc) is 1.63. The zero-order chi connectivity index (χ0) is 101. The zero-order valence-corrected chi connectivity index (χ0v) is 89.2. The zero-order valence-electron chi connectivity index (χ0n) is 83.9. The van der Waals surface area contributed by atoms with Crippen molar-refractivity contribution in [2.75, 3.05) is 159 Å². The highest BCUT2D eigenvalue weighted by Gasteiger charge is 2.50. The summed E-state index contributed by atoms with van der Waals surface area (Å²) in [6.45, 7) is 32.8. The first-order valence-corrected chi connectivity index (χ1v) is 63.3. The van der Waals surface area contributed by atoms with Crippen LogP contribution in [0.5, 0.6) is 6.01 Å². The largest absolute Gasteiger partial charge is 0.467 e. The summed E-state index contributed by atoms with van der Waals surface area (Å²) >= 11 is 1.47. The van der Waals surface area contributed by atoms with Gasteiger partial charge in [-0.25, -0.2) is 64.8 Å². The Bertz CT molecular complexity index is 5990. The number of allylic oxidation sites excluding steroid dienone is 2. The van der Waals surface area contributed by atoms with Crippen molar-refractivity contribution in [1.82, 2.24) is 97.6 Å². The molecule has 5 aliphatic rings. The van der Waals surface area contributed by atoms with Gasteiger partial charge in [-0.2, -0.15) is 9.97 Å². The minimum Gasteiger partial charge on any atom is -0.467 e. The number of imidazole rings is 5. The number of aliphatic hydroxyl groups excluding tert-OH is 8. The molecule has 15 heterocycles. The molecule has 0 saturated carbocycles. The van der Waals surface area contributed by atoms with Crippen molar-refractivity contribution in [2.45, 2.75) is 241 Å². The van der Waals surface area contributed by atoms with E-state index < -0.39 is 133 Å². The van der Waals surface area contributed by atoms with Crippen LogP contribution in [0.3, 0.4) is 0 Å². The molecule has 764 valence electrons. The Morgan fingerprint density at radius 2 is 0.754 bits per heavy atom. The second-order valence-electron chi connectivity index (χ2n) is 39.8. The van der Waals surface area contributed by atoms with Crippen LogP contribution >= 0.6 is 46.2 Å². The molecule has 5 aliphatic heterocycles. The fourth-order valence-electron chi connectivity index (χ4n) is 16.5. The lowest BCUT2D eigenvalue weighted by molar-refractivity contribution is -0.0496. The number of nitrogen functional groups attached to an aromatic ring is 3. The monoisotopic (exact) mass is 2030 g/mol. The molecule has 138 heavy (non-hydrogen) atoms. The topological polar surface area (TPSA) is 547 Å². The highest BCUT2D eigenvalue weighted by Crippen LogP contribution is 2.48. The number of anilines is 5. The van der Waals surface area contributed by atoms with E-state index in [4.69, 9.17) is 55.3 Å². The van der Waals surface area contributed by atoms with Crippen molar-refractivity contribution in [2.24, 2.45) is 5.92 Å². The minimum atomic E-state index is -1.26. The van der Waals surface area contributed by atoms with Crippen molar-refractivity contribution in [1.29, 1.82) is 0 Å². The van der Waals surface area contributed by atoms with Crippen molar-refractivity contribution in [3.63, 3.8) is 0 Å². The van der Waals surface area contributed by atoms with Gasteiger partial charge in [-0.3, -0.25) is 22.8 Å². The van der Waals surface area contributed by atoms with Crippen LogP contribution in [0, 0.1) is 19.8 Å². The number of nitrogens with zero attached hydrogens (tertiary/aromatic N) is 20. The molecule has 0 spiro atoms. The molecule has 0 radical (unpaired) electrons. The van der Waals surface area contributed by atoms with E-state index in [0.717, 1.165) is 75.8 Å². The first-order valence-electron chi connectivity index (χ1n) is 46.8. The van der Waals surface area contributed by atoms with Crippen molar-refractivity contribution < 1.29 is 74.0 Å². The van der Waals surface area contributed by atoms with Crippen LogP contribution < -0.4 is 32.6 Å². The second-order valence-corrected chi connectivity index (χ2v) is 62.2. The number of ether oxygens (including phenoxy) is 7. The molecule has 15 rings (SSSR count). The van der Waals surface area contributed by atoms with Gasteiger partial charge in [-0.05, 0) is 183 Å². The fourth-order valence-corrected chi connectivity index (χ4v) is 21.6. The summed E-state index contributed by atoms with van der Waals surface area (Å²) in [5.41, 5.74) is 25.9. The molecule has 0 bridgehead atoms. The van der Waals surface area contributed by atoms with Crippen LogP contribution in [0.4, 0.5) is 29.1 Å². The number of nitrogens with two attached hydrogens (primary N) is 3. The number of hydrogen-bond donors (Lipinski definition) is 13. The van der Waals surface area contributed by atoms with E-state index in [0.29, 0.717) is 134 Å². The quantitative estimate of drug-likeness (QED) is 0.00772. The molecule has 10 aromatic heterocycles. The third-order valence-corrected chi connectivity index (χ3v) is 32.7. The number of rotatable bonds is 34. The molecule has 20 atom stereocenters. The number of aryl methyl sites for hydroxylation is 3. The van der Waals surface area contributed by atoms with Crippen LogP contribution in [0.25, 0.3) is 55.8 Å². The number of methoxy groups -OCH3 is 2. The van der Waals surface area contributed by atoms with Gasteiger partial charge in [0.1, 0.15) is 89.1 Å².